The Morgan fingerprint density at radius 3 is 2.73 bits per heavy atom. The highest BCUT2D eigenvalue weighted by Gasteiger charge is 2.24. The Kier molecular flexibility index (Phi) is 3.98. The van der Waals surface area contributed by atoms with E-state index in [2.05, 4.69) is 0 Å². The van der Waals surface area contributed by atoms with Crippen LogP contribution in [-0.2, 0) is 20.0 Å². The summed E-state index contributed by atoms with van der Waals surface area (Å²) in [5.74, 6) is -0.153. The van der Waals surface area contributed by atoms with E-state index in [0.29, 0.717) is 35.1 Å². The van der Waals surface area contributed by atoms with Gasteiger partial charge in [-0.05, 0) is 35.7 Å². The Morgan fingerprint density at radius 2 is 2.00 bits per heavy atom. The minimum atomic E-state index is -0.200. The van der Waals surface area contributed by atoms with E-state index in [4.69, 9.17) is 23.2 Å². The van der Waals surface area contributed by atoms with E-state index in [9.17, 15) is 9.59 Å². The molecule has 1 aliphatic rings. The number of rotatable bonds is 1. The molecule has 0 saturated heterocycles. The summed E-state index contributed by atoms with van der Waals surface area (Å²) < 4.78 is 1.43. The highest BCUT2D eigenvalue weighted by molar-refractivity contribution is 6.35. The summed E-state index contributed by atoms with van der Waals surface area (Å²) in [7, 11) is 1.65. The van der Waals surface area contributed by atoms with Gasteiger partial charge in [-0.15, -0.1) is 0 Å². The molecule has 2 aromatic rings. The Balaban J connectivity index is 1.89. The first-order valence-corrected chi connectivity index (χ1v) is 7.64. The molecule has 0 bridgehead atoms. The van der Waals surface area contributed by atoms with E-state index >= 15 is 0 Å². The van der Waals surface area contributed by atoms with Gasteiger partial charge >= 0.3 is 0 Å². The van der Waals surface area contributed by atoms with Gasteiger partial charge in [0, 0.05) is 48.0 Å². The van der Waals surface area contributed by atoms with Crippen LogP contribution >= 0.6 is 23.2 Å². The molecule has 0 N–H and O–H groups in total. The van der Waals surface area contributed by atoms with E-state index < -0.39 is 0 Å². The predicted molar refractivity (Wildman–Crippen MR) is 86.6 cm³/mol. The Bertz CT molecular complexity index is 814. The Labute approximate surface area is 137 Å². The van der Waals surface area contributed by atoms with E-state index in [1.807, 2.05) is 6.07 Å². The summed E-state index contributed by atoms with van der Waals surface area (Å²) >= 11 is 12.2. The monoisotopic (exact) mass is 336 g/mol. The van der Waals surface area contributed by atoms with Gasteiger partial charge in [0.1, 0.15) is 0 Å². The molecule has 0 atom stereocenters. The number of hydrogen-bond acceptors (Lipinski definition) is 2. The number of carbonyl (C=O) groups is 1. The van der Waals surface area contributed by atoms with Crippen LogP contribution in [0.4, 0.5) is 0 Å². The van der Waals surface area contributed by atoms with Crippen LogP contribution in [0.15, 0.2) is 35.3 Å². The fourth-order valence-corrected chi connectivity index (χ4v) is 3.28. The summed E-state index contributed by atoms with van der Waals surface area (Å²) in [5.41, 5.74) is 2.20. The van der Waals surface area contributed by atoms with Gasteiger partial charge in [-0.1, -0.05) is 23.2 Å². The molecular formula is C16H14Cl2N2O2. The van der Waals surface area contributed by atoms with Crippen LogP contribution in [0.5, 0.6) is 0 Å². The molecule has 0 saturated carbocycles. The second-order valence-corrected chi connectivity index (χ2v) is 6.21. The van der Waals surface area contributed by atoms with Gasteiger partial charge in [0.25, 0.3) is 11.5 Å². The molecule has 1 aromatic heterocycles. The standard InChI is InChI=1S/C16H14Cl2N2O2/c1-19-4-2-10(7-15(19)21)16(22)20-5-3-13-11(9-20)6-12(17)8-14(13)18/h2,4,6-8H,3,5,9H2,1H3. The van der Waals surface area contributed by atoms with Gasteiger partial charge < -0.3 is 9.47 Å². The van der Waals surface area contributed by atoms with Gasteiger partial charge in [-0.25, -0.2) is 0 Å². The molecule has 0 radical (unpaired) electrons. The van der Waals surface area contributed by atoms with Crippen LogP contribution in [0, 0.1) is 0 Å². The van der Waals surface area contributed by atoms with Gasteiger partial charge in [0.05, 0.1) is 0 Å². The van der Waals surface area contributed by atoms with Crippen LogP contribution in [0.2, 0.25) is 10.0 Å². The number of halogens is 2. The van der Waals surface area contributed by atoms with Gasteiger partial charge in [-0.2, -0.15) is 0 Å². The lowest BCUT2D eigenvalue weighted by molar-refractivity contribution is 0.0734. The van der Waals surface area contributed by atoms with Crippen molar-refractivity contribution in [2.45, 2.75) is 13.0 Å². The molecular weight excluding hydrogens is 323 g/mol. The number of pyridine rings is 1. The molecule has 4 nitrogen and oxygen atoms in total. The molecule has 0 spiro atoms. The summed E-state index contributed by atoms with van der Waals surface area (Å²) in [6.45, 7) is 1.02. The van der Waals surface area contributed by atoms with Crippen molar-refractivity contribution in [3.05, 3.63) is 67.6 Å². The minimum absolute atomic E-state index is 0.153. The zero-order valence-electron chi connectivity index (χ0n) is 12.0. The SMILES string of the molecule is Cn1ccc(C(=O)N2CCc3c(Cl)cc(Cl)cc3C2)cc1=O. The Hall–Kier alpha value is -1.78. The second kappa shape index (κ2) is 5.78. The number of benzene rings is 1. The summed E-state index contributed by atoms with van der Waals surface area (Å²) in [4.78, 5) is 25.9. The minimum Gasteiger partial charge on any atom is -0.334 e. The maximum absolute atomic E-state index is 12.6. The lowest BCUT2D eigenvalue weighted by Gasteiger charge is -2.29. The third-order valence-electron chi connectivity index (χ3n) is 3.88. The maximum atomic E-state index is 12.6. The highest BCUT2D eigenvalue weighted by Crippen LogP contribution is 2.30. The number of aryl methyl sites for hydroxylation is 1. The second-order valence-electron chi connectivity index (χ2n) is 5.37. The maximum Gasteiger partial charge on any atom is 0.254 e. The molecule has 1 aliphatic heterocycles. The summed E-state index contributed by atoms with van der Waals surface area (Å²) in [6, 6.07) is 6.58. The number of fused-ring (bicyclic) bond motifs is 1. The summed E-state index contributed by atoms with van der Waals surface area (Å²) in [6.07, 6.45) is 2.28. The molecule has 1 amide bonds. The summed E-state index contributed by atoms with van der Waals surface area (Å²) in [5, 5.41) is 1.20. The van der Waals surface area contributed by atoms with Crippen molar-refractivity contribution in [2.75, 3.05) is 6.54 Å². The normalized spacial score (nSPS) is 13.9. The van der Waals surface area contributed by atoms with Crippen molar-refractivity contribution >= 4 is 29.1 Å². The number of amides is 1. The molecule has 0 fully saturated rings. The van der Waals surface area contributed by atoms with Crippen molar-refractivity contribution in [1.29, 1.82) is 0 Å². The van der Waals surface area contributed by atoms with Gasteiger partial charge in [0.15, 0.2) is 0 Å². The largest absolute Gasteiger partial charge is 0.334 e. The van der Waals surface area contributed by atoms with Gasteiger partial charge in [0.2, 0.25) is 0 Å². The molecule has 22 heavy (non-hydrogen) atoms. The number of hydrogen-bond donors (Lipinski definition) is 0. The number of carbonyl (C=O) groups excluding carboxylic acids is 1. The van der Waals surface area contributed by atoms with Crippen LogP contribution in [0.25, 0.3) is 0 Å². The highest BCUT2D eigenvalue weighted by atomic mass is 35.5. The lowest BCUT2D eigenvalue weighted by atomic mass is 9.99. The molecule has 114 valence electrons. The van der Waals surface area contributed by atoms with Crippen molar-refractivity contribution in [1.82, 2.24) is 9.47 Å². The molecule has 0 unspecified atom stereocenters. The zero-order valence-corrected chi connectivity index (χ0v) is 13.5. The third kappa shape index (κ3) is 2.76. The average Bonchev–Trinajstić information content (AvgIpc) is 2.48. The quantitative estimate of drug-likeness (QED) is 0.803. The van der Waals surface area contributed by atoms with Crippen LogP contribution in [0.3, 0.4) is 0 Å². The fourth-order valence-electron chi connectivity index (χ4n) is 2.65. The van der Waals surface area contributed by atoms with Crippen LogP contribution in [-0.4, -0.2) is 21.9 Å². The van der Waals surface area contributed by atoms with Crippen molar-refractivity contribution in [3.8, 4) is 0 Å². The molecule has 2 heterocycles. The number of aromatic nitrogens is 1. The lowest BCUT2D eigenvalue weighted by Crippen LogP contribution is -2.36. The topological polar surface area (TPSA) is 42.3 Å². The fraction of sp³-hybridized carbons (Fsp3) is 0.250. The van der Waals surface area contributed by atoms with Crippen LogP contribution in [0.1, 0.15) is 21.5 Å². The predicted octanol–water partition coefficient (Wildman–Crippen LogP) is 2.89. The molecule has 1 aromatic carbocycles. The molecule has 6 heteroatoms. The smallest absolute Gasteiger partial charge is 0.254 e. The first kappa shape index (κ1) is 15.1. The van der Waals surface area contributed by atoms with Crippen LogP contribution < -0.4 is 5.56 Å². The van der Waals surface area contributed by atoms with Crippen molar-refractivity contribution in [3.63, 3.8) is 0 Å². The van der Waals surface area contributed by atoms with Gasteiger partial charge in [-0.3, -0.25) is 9.59 Å². The molecule has 3 rings (SSSR count). The van der Waals surface area contributed by atoms with E-state index in [1.54, 1.807) is 30.3 Å². The molecule has 0 aliphatic carbocycles. The first-order valence-electron chi connectivity index (χ1n) is 6.88. The van der Waals surface area contributed by atoms with Crippen molar-refractivity contribution in [2.24, 2.45) is 7.05 Å². The zero-order chi connectivity index (χ0) is 15.9. The third-order valence-corrected chi connectivity index (χ3v) is 4.44. The Morgan fingerprint density at radius 1 is 1.23 bits per heavy atom. The van der Waals surface area contributed by atoms with Crippen molar-refractivity contribution < 1.29 is 4.79 Å². The van der Waals surface area contributed by atoms with E-state index in [1.165, 1.54) is 10.6 Å². The number of nitrogens with zero attached hydrogens (tertiary/aromatic N) is 2. The average molecular weight is 337 g/mol. The van der Waals surface area contributed by atoms with E-state index in [0.717, 1.165) is 11.1 Å². The van der Waals surface area contributed by atoms with E-state index in [-0.39, 0.29) is 11.5 Å². The first-order chi connectivity index (χ1) is 10.5.